The van der Waals surface area contributed by atoms with Gasteiger partial charge in [0.05, 0.1) is 19.8 Å². The summed E-state index contributed by atoms with van der Waals surface area (Å²) in [5.41, 5.74) is 0. The van der Waals surface area contributed by atoms with E-state index in [0.717, 1.165) is 38.7 Å². The zero-order valence-electron chi connectivity index (χ0n) is 14.0. The Hall–Kier alpha value is -0.610. The lowest BCUT2D eigenvalue weighted by molar-refractivity contribution is -0.144. The molecule has 0 aromatic carbocycles. The number of rotatable bonds is 16. The van der Waals surface area contributed by atoms with Crippen LogP contribution >= 0.6 is 0 Å². The molecule has 0 aromatic heterocycles. The van der Waals surface area contributed by atoms with Crippen LogP contribution in [0, 0.1) is 0 Å². The molecule has 4 nitrogen and oxygen atoms in total. The second-order valence-corrected chi connectivity index (χ2v) is 5.32. The molecule has 0 aliphatic rings. The molecule has 0 saturated heterocycles. The maximum Gasteiger partial charge on any atom is 0.305 e. The molecule has 0 N–H and O–H groups in total. The van der Waals surface area contributed by atoms with E-state index in [0.29, 0.717) is 32.8 Å². The second kappa shape index (κ2) is 17.4. The predicted octanol–water partition coefficient (Wildman–Crippen LogP) is 4.11. The van der Waals surface area contributed by atoms with Crippen molar-refractivity contribution in [3.05, 3.63) is 0 Å². The summed E-state index contributed by atoms with van der Waals surface area (Å²) >= 11 is 0. The first kappa shape index (κ1) is 20.4. The minimum atomic E-state index is -0.103. The Labute approximate surface area is 130 Å². The molecule has 0 saturated carbocycles. The van der Waals surface area contributed by atoms with Crippen LogP contribution in [0.3, 0.4) is 0 Å². The Morgan fingerprint density at radius 2 is 1.29 bits per heavy atom. The van der Waals surface area contributed by atoms with Crippen molar-refractivity contribution in [3.63, 3.8) is 0 Å². The SMILES string of the molecule is CCCCCCCOC(=O)CCCOCCOCCCC. The summed E-state index contributed by atoms with van der Waals surface area (Å²) in [6, 6.07) is 0. The average molecular weight is 302 g/mol. The van der Waals surface area contributed by atoms with Crippen molar-refractivity contribution in [1.82, 2.24) is 0 Å². The molecule has 0 heterocycles. The quantitative estimate of drug-likeness (QED) is 0.318. The van der Waals surface area contributed by atoms with Crippen LogP contribution in [0.1, 0.15) is 71.6 Å². The highest BCUT2D eigenvalue weighted by Gasteiger charge is 2.02. The molecule has 0 fully saturated rings. The minimum absolute atomic E-state index is 0.103. The van der Waals surface area contributed by atoms with Gasteiger partial charge in [-0.3, -0.25) is 4.79 Å². The molecule has 4 heteroatoms. The Morgan fingerprint density at radius 1 is 0.667 bits per heavy atom. The number of carbonyl (C=O) groups excluding carboxylic acids is 1. The van der Waals surface area contributed by atoms with Gasteiger partial charge in [0.15, 0.2) is 0 Å². The summed E-state index contributed by atoms with van der Waals surface area (Å²) < 4.78 is 16.0. The van der Waals surface area contributed by atoms with E-state index in [4.69, 9.17) is 14.2 Å². The average Bonchev–Trinajstić information content (AvgIpc) is 2.49. The smallest absolute Gasteiger partial charge is 0.305 e. The van der Waals surface area contributed by atoms with Gasteiger partial charge < -0.3 is 14.2 Å². The topological polar surface area (TPSA) is 44.8 Å². The zero-order valence-corrected chi connectivity index (χ0v) is 14.0. The van der Waals surface area contributed by atoms with Gasteiger partial charge >= 0.3 is 5.97 Å². The molecule has 0 spiro atoms. The third-order valence-corrected chi connectivity index (χ3v) is 3.19. The van der Waals surface area contributed by atoms with Gasteiger partial charge in [-0.1, -0.05) is 46.0 Å². The Kier molecular flexibility index (Phi) is 16.9. The van der Waals surface area contributed by atoms with Crippen molar-refractivity contribution in [2.24, 2.45) is 0 Å². The van der Waals surface area contributed by atoms with Gasteiger partial charge in [-0.05, 0) is 19.3 Å². The molecule has 0 rings (SSSR count). The monoisotopic (exact) mass is 302 g/mol. The van der Waals surface area contributed by atoms with Gasteiger partial charge in [-0.2, -0.15) is 0 Å². The Bertz CT molecular complexity index is 219. The third kappa shape index (κ3) is 17.3. The van der Waals surface area contributed by atoms with E-state index in [1.165, 1.54) is 19.3 Å². The van der Waals surface area contributed by atoms with Crippen LogP contribution in [0.2, 0.25) is 0 Å². The van der Waals surface area contributed by atoms with Crippen LogP contribution in [0.25, 0.3) is 0 Å². The van der Waals surface area contributed by atoms with Crippen LogP contribution in [-0.2, 0) is 19.0 Å². The van der Waals surface area contributed by atoms with Gasteiger partial charge in [0, 0.05) is 19.6 Å². The molecule has 0 aliphatic heterocycles. The normalized spacial score (nSPS) is 10.8. The maximum atomic E-state index is 11.4. The molecule has 0 radical (unpaired) electrons. The standard InChI is InChI=1S/C17H34O4/c1-3-5-7-8-9-14-21-17(18)11-10-13-20-16-15-19-12-6-4-2/h3-16H2,1-2H3. The number of ether oxygens (including phenoxy) is 3. The lowest BCUT2D eigenvalue weighted by Gasteiger charge is -2.06. The van der Waals surface area contributed by atoms with Gasteiger partial charge in [0.25, 0.3) is 0 Å². The van der Waals surface area contributed by atoms with Crippen LogP contribution in [0.5, 0.6) is 0 Å². The van der Waals surface area contributed by atoms with Crippen molar-refractivity contribution in [2.75, 3.05) is 33.0 Å². The van der Waals surface area contributed by atoms with Crippen molar-refractivity contribution in [3.8, 4) is 0 Å². The summed E-state index contributed by atoms with van der Waals surface area (Å²) in [6.45, 7) is 7.56. The fourth-order valence-electron chi connectivity index (χ4n) is 1.85. The van der Waals surface area contributed by atoms with Gasteiger partial charge in [0.2, 0.25) is 0 Å². The van der Waals surface area contributed by atoms with Crippen molar-refractivity contribution < 1.29 is 19.0 Å². The van der Waals surface area contributed by atoms with Gasteiger partial charge in [-0.15, -0.1) is 0 Å². The summed E-state index contributed by atoms with van der Waals surface area (Å²) in [6.07, 6.45) is 9.32. The fourth-order valence-corrected chi connectivity index (χ4v) is 1.85. The fraction of sp³-hybridized carbons (Fsp3) is 0.941. The highest BCUT2D eigenvalue weighted by molar-refractivity contribution is 5.69. The molecule has 0 bridgehead atoms. The van der Waals surface area contributed by atoms with Gasteiger partial charge in [-0.25, -0.2) is 0 Å². The predicted molar refractivity (Wildman–Crippen MR) is 85.5 cm³/mol. The summed E-state index contributed by atoms with van der Waals surface area (Å²) in [5, 5.41) is 0. The number of hydrogen-bond acceptors (Lipinski definition) is 4. The van der Waals surface area contributed by atoms with E-state index in [9.17, 15) is 4.79 Å². The van der Waals surface area contributed by atoms with E-state index >= 15 is 0 Å². The Balaban J connectivity index is 3.12. The van der Waals surface area contributed by atoms with E-state index in [2.05, 4.69) is 13.8 Å². The highest BCUT2D eigenvalue weighted by Crippen LogP contribution is 2.03. The van der Waals surface area contributed by atoms with E-state index in [1.54, 1.807) is 0 Å². The molecule has 0 aliphatic carbocycles. The summed E-state index contributed by atoms with van der Waals surface area (Å²) in [5.74, 6) is -0.103. The molecule has 0 unspecified atom stereocenters. The van der Waals surface area contributed by atoms with Crippen molar-refractivity contribution in [2.45, 2.75) is 71.6 Å². The molecule has 0 aromatic rings. The van der Waals surface area contributed by atoms with E-state index < -0.39 is 0 Å². The zero-order chi connectivity index (χ0) is 15.6. The van der Waals surface area contributed by atoms with Crippen LogP contribution in [0.4, 0.5) is 0 Å². The van der Waals surface area contributed by atoms with Crippen LogP contribution in [0.15, 0.2) is 0 Å². The first-order valence-corrected chi connectivity index (χ1v) is 8.62. The first-order valence-electron chi connectivity index (χ1n) is 8.62. The maximum absolute atomic E-state index is 11.4. The molecular formula is C17H34O4. The van der Waals surface area contributed by atoms with E-state index in [-0.39, 0.29) is 5.97 Å². The van der Waals surface area contributed by atoms with Crippen molar-refractivity contribution in [1.29, 1.82) is 0 Å². The molecule has 0 atom stereocenters. The van der Waals surface area contributed by atoms with Crippen LogP contribution in [-0.4, -0.2) is 39.0 Å². The highest BCUT2D eigenvalue weighted by atomic mass is 16.5. The second-order valence-electron chi connectivity index (χ2n) is 5.32. The lowest BCUT2D eigenvalue weighted by Crippen LogP contribution is -2.09. The number of esters is 1. The van der Waals surface area contributed by atoms with Crippen molar-refractivity contribution >= 4 is 5.97 Å². The molecule has 126 valence electrons. The first-order chi connectivity index (χ1) is 10.3. The van der Waals surface area contributed by atoms with Gasteiger partial charge in [0.1, 0.15) is 0 Å². The molecular weight excluding hydrogens is 268 g/mol. The summed E-state index contributed by atoms with van der Waals surface area (Å²) in [7, 11) is 0. The lowest BCUT2D eigenvalue weighted by atomic mass is 10.2. The minimum Gasteiger partial charge on any atom is -0.466 e. The molecule has 21 heavy (non-hydrogen) atoms. The number of carbonyl (C=O) groups is 1. The molecule has 0 amide bonds. The largest absolute Gasteiger partial charge is 0.466 e. The summed E-state index contributed by atoms with van der Waals surface area (Å²) in [4.78, 5) is 11.4. The Morgan fingerprint density at radius 3 is 1.95 bits per heavy atom. The number of unbranched alkanes of at least 4 members (excludes halogenated alkanes) is 5. The van der Waals surface area contributed by atoms with Crippen LogP contribution < -0.4 is 0 Å². The number of hydrogen-bond donors (Lipinski definition) is 0. The van der Waals surface area contributed by atoms with E-state index in [1.807, 2.05) is 0 Å². The third-order valence-electron chi connectivity index (χ3n) is 3.19.